The minimum atomic E-state index is -0.324. The van der Waals surface area contributed by atoms with Gasteiger partial charge in [-0.1, -0.05) is 30.3 Å². The highest BCUT2D eigenvalue weighted by atomic mass is 16.2. The number of carbonyl (C=O) groups is 1. The number of rotatable bonds is 5. The second-order valence-corrected chi connectivity index (χ2v) is 6.30. The van der Waals surface area contributed by atoms with Crippen molar-refractivity contribution >= 4 is 34.0 Å². The predicted octanol–water partition coefficient (Wildman–Crippen LogP) is 4.45. The summed E-state index contributed by atoms with van der Waals surface area (Å²) in [5.41, 5.74) is 3.00. The first-order valence-electron chi connectivity index (χ1n) is 9.00. The fourth-order valence-electron chi connectivity index (χ4n) is 2.84. The van der Waals surface area contributed by atoms with Crippen molar-refractivity contribution in [3.05, 3.63) is 95.4 Å². The number of carbonyl (C=O) groups excluding carboxylic acids is 1. The summed E-state index contributed by atoms with van der Waals surface area (Å²) in [5, 5.41) is 11.1. The van der Waals surface area contributed by atoms with Gasteiger partial charge in [0.2, 0.25) is 5.91 Å². The van der Waals surface area contributed by atoms with E-state index < -0.39 is 0 Å². The van der Waals surface area contributed by atoms with Crippen LogP contribution < -0.4 is 10.9 Å². The van der Waals surface area contributed by atoms with E-state index in [1.54, 1.807) is 42.5 Å². The normalized spacial score (nSPS) is 11.0. The second-order valence-electron chi connectivity index (χ2n) is 6.30. The van der Waals surface area contributed by atoms with Gasteiger partial charge in [-0.15, -0.1) is 0 Å². The lowest BCUT2D eigenvalue weighted by Crippen LogP contribution is -2.27. The molecule has 0 aliphatic heterocycles. The van der Waals surface area contributed by atoms with Crippen LogP contribution in [0.5, 0.6) is 0 Å². The fourth-order valence-corrected chi connectivity index (χ4v) is 2.84. The number of aromatic nitrogens is 2. The zero-order valence-electron chi connectivity index (χ0n) is 15.4. The van der Waals surface area contributed by atoms with Crippen molar-refractivity contribution in [1.29, 1.82) is 0 Å². The molecule has 0 bridgehead atoms. The Kier molecular flexibility index (Phi) is 5.20. The topological polar surface area (TPSA) is 88.7 Å². The van der Waals surface area contributed by atoms with E-state index in [0.29, 0.717) is 22.4 Å². The van der Waals surface area contributed by atoms with Gasteiger partial charge in [0.05, 0.1) is 28.6 Å². The highest BCUT2D eigenvalue weighted by molar-refractivity contribution is 5.91. The molecule has 0 saturated heterocycles. The molecule has 142 valence electrons. The Hall–Kier alpha value is -4.13. The predicted molar refractivity (Wildman–Crippen MR) is 112 cm³/mol. The van der Waals surface area contributed by atoms with Crippen molar-refractivity contribution in [2.75, 3.05) is 5.32 Å². The number of fused-ring (bicyclic) bond motifs is 1. The lowest BCUT2D eigenvalue weighted by atomic mass is 10.2. The number of anilines is 1. The molecule has 0 saturated carbocycles. The number of azo groups is 1. The van der Waals surface area contributed by atoms with Gasteiger partial charge in [0.15, 0.2) is 0 Å². The van der Waals surface area contributed by atoms with Crippen molar-refractivity contribution < 1.29 is 4.79 Å². The van der Waals surface area contributed by atoms with Crippen LogP contribution in [0, 0.1) is 0 Å². The summed E-state index contributed by atoms with van der Waals surface area (Å²) in [4.78, 5) is 28.7. The van der Waals surface area contributed by atoms with Gasteiger partial charge in [-0.3, -0.25) is 14.2 Å². The van der Waals surface area contributed by atoms with E-state index in [0.717, 1.165) is 5.69 Å². The van der Waals surface area contributed by atoms with E-state index in [9.17, 15) is 9.59 Å². The Labute approximate surface area is 166 Å². The maximum absolute atomic E-state index is 12.4. The molecule has 1 N–H and O–H groups in total. The fraction of sp³-hybridized carbons (Fsp3) is 0.0455. The zero-order chi connectivity index (χ0) is 20.1. The first kappa shape index (κ1) is 18.2. The van der Waals surface area contributed by atoms with Crippen molar-refractivity contribution in [3.8, 4) is 0 Å². The van der Waals surface area contributed by atoms with Crippen LogP contribution in [-0.4, -0.2) is 15.5 Å². The quantitative estimate of drug-likeness (QED) is 0.516. The smallest absolute Gasteiger partial charge is 0.269 e. The number of hydrogen-bond donors (Lipinski definition) is 1. The number of benzene rings is 3. The average molecular weight is 383 g/mol. The molecule has 29 heavy (non-hydrogen) atoms. The standard InChI is InChI=1S/C22H17N5O2/c28-21(15-27-20-9-5-4-8-19(20)23-14-22(27)29)24-16-10-12-18(13-11-16)26-25-17-6-2-1-3-7-17/h1-14H,15H2,(H,24,28). The summed E-state index contributed by atoms with van der Waals surface area (Å²) < 4.78 is 1.40. The van der Waals surface area contributed by atoms with E-state index in [1.165, 1.54) is 10.8 Å². The lowest BCUT2D eigenvalue weighted by molar-refractivity contribution is -0.116. The minimum absolute atomic E-state index is 0.0999. The van der Waals surface area contributed by atoms with Crippen molar-refractivity contribution in [2.45, 2.75) is 6.54 Å². The Bertz CT molecular complexity index is 1230. The van der Waals surface area contributed by atoms with Crippen LogP contribution in [0.3, 0.4) is 0 Å². The molecule has 1 heterocycles. The van der Waals surface area contributed by atoms with Gasteiger partial charge in [-0.25, -0.2) is 4.98 Å². The molecule has 0 unspecified atom stereocenters. The molecule has 7 heteroatoms. The molecular formula is C22H17N5O2. The van der Waals surface area contributed by atoms with Crippen molar-refractivity contribution in [2.24, 2.45) is 10.2 Å². The molecule has 0 spiro atoms. The van der Waals surface area contributed by atoms with Crippen molar-refractivity contribution in [1.82, 2.24) is 9.55 Å². The maximum atomic E-state index is 12.4. The first-order valence-corrected chi connectivity index (χ1v) is 9.00. The monoisotopic (exact) mass is 383 g/mol. The highest BCUT2D eigenvalue weighted by Gasteiger charge is 2.09. The van der Waals surface area contributed by atoms with Crippen LogP contribution in [0.2, 0.25) is 0 Å². The molecule has 0 fully saturated rings. The summed E-state index contributed by atoms with van der Waals surface area (Å²) in [6.45, 7) is -0.0999. The molecule has 1 aromatic heterocycles. The van der Waals surface area contributed by atoms with Gasteiger partial charge in [-0.2, -0.15) is 10.2 Å². The Morgan fingerprint density at radius 1 is 0.862 bits per heavy atom. The summed E-state index contributed by atoms with van der Waals surface area (Å²) in [6.07, 6.45) is 1.22. The molecule has 0 radical (unpaired) electrons. The largest absolute Gasteiger partial charge is 0.325 e. The average Bonchev–Trinajstić information content (AvgIpc) is 2.76. The van der Waals surface area contributed by atoms with Gasteiger partial charge in [-0.05, 0) is 48.5 Å². The molecule has 4 aromatic rings. The van der Waals surface area contributed by atoms with Gasteiger partial charge in [0.1, 0.15) is 6.54 Å². The molecule has 7 nitrogen and oxygen atoms in total. The van der Waals surface area contributed by atoms with Gasteiger partial charge >= 0.3 is 0 Å². The summed E-state index contributed by atoms with van der Waals surface area (Å²) in [5.74, 6) is -0.304. The second kappa shape index (κ2) is 8.26. The first-order chi connectivity index (χ1) is 14.2. The summed E-state index contributed by atoms with van der Waals surface area (Å²) >= 11 is 0. The van der Waals surface area contributed by atoms with Crippen LogP contribution >= 0.6 is 0 Å². The number of hydrogen-bond acceptors (Lipinski definition) is 5. The van der Waals surface area contributed by atoms with Crippen LogP contribution in [0.1, 0.15) is 0 Å². The van der Waals surface area contributed by atoms with E-state index in [1.807, 2.05) is 36.4 Å². The van der Waals surface area contributed by atoms with E-state index in [-0.39, 0.29) is 18.0 Å². The summed E-state index contributed by atoms with van der Waals surface area (Å²) in [7, 11) is 0. The third kappa shape index (κ3) is 4.41. The number of nitrogens with one attached hydrogen (secondary N) is 1. The van der Waals surface area contributed by atoms with E-state index in [2.05, 4.69) is 20.5 Å². The minimum Gasteiger partial charge on any atom is -0.325 e. The molecule has 4 rings (SSSR count). The third-order valence-corrected chi connectivity index (χ3v) is 4.24. The highest BCUT2D eigenvalue weighted by Crippen LogP contribution is 2.20. The van der Waals surface area contributed by atoms with Gasteiger partial charge in [0, 0.05) is 5.69 Å². The van der Waals surface area contributed by atoms with Gasteiger partial charge in [0.25, 0.3) is 5.56 Å². The molecule has 3 aromatic carbocycles. The SMILES string of the molecule is O=C(Cn1c(=O)cnc2ccccc21)Nc1ccc(N=Nc2ccccc2)cc1. The molecule has 0 aliphatic carbocycles. The van der Waals surface area contributed by atoms with E-state index in [4.69, 9.17) is 0 Å². The van der Waals surface area contributed by atoms with Crippen LogP contribution in [0.15, 0.2) is 100 Å². The molecule has 0 aliphatic rings. The third-order valence-electron chi connectivity index (χ3n) is 4.24. The Balaban J connectivity index is 1.45. The van der Waals surface area contributed by atoms with Crippen LogP contribution in [0.4, 0.5) is 17.1 Å². The van der Waals surface area contributed by atoms with Gasteiger partial charge < -0.3 is 5.32 Å². The molecule has 0 atom stereocenters. The zero-order valence-corrected chi connectivity index (χ0v) is 15.4. The maximum Gasteiger partial charge on any atom is 0.269 e. The number of para-hydroxylation sites is 2. The van der Waals surface area contributed by atoms with Crippen molar-refractivity contribution in [3.63, 3.8) is 0 Å². The van der Waals surface area contributed by atoms with Crippen LogP contribution in [0.25, 0.3) is 11.0 Å². The lowest BCUT2D eigenvalue weighted by Gasteiger charge is -2.10. The summed E-state index contributed by atoms with van der Waals surface area (Å²) in [6, 6.07) is 23.6. The van der Waals surface area contributed by atoms with E-state index >= 15 is 0 Å². The number of amides is 1. The number of nitrogens with zero attached hydrogens (tertiary/aromatic N) is 4. The Morgan fingerprint density at radius 3 is 2.28 bits per heavy atom. The molecule has 1 amide bonds. The van der Waals surface area contributed by atoms with Crippen LogP contribution in [-0.2, 0) is 11.3 Å². The Morgan fingerprint density at radius 2 is 1.52 bits per heavy atom. The molecular weight excluding hydrogens is 366 g/mol.